The van der Waals surface area contributed by atoms with Crippen molar-refractivity contribution in [2.45, 2.75) is 19.6 Å². The maximum atomic E-state index is 13.8. The van der Waals surface area contributed by atoms with Crippen LogP contribution in [0.5, 0.6) is 5.75 Å². The second kappa shape index (κ2) is 6.18. The molecule has 0 amide bonds. The van der Waals surface area contributed by atoms with Crippen LogP contribution in [0.1, 0.15) is 29.7 Å². The molecule has 0 aliphatic rings. The van der Waals surface area contributed by atoms with Gasteiger partial charge in [-0.1, -0.05) is 18.2 Å². The largest absolute Gasteiger partial charge is 0.486 e. The highest BCUT2D eigenvalue weighted by molar-refractivity contribution is 5.33. The van der Waals surface area contributed by atoms with Gasteiger partial charge in [-0.2, -0.15) is 5.26 Å². The van der Waals surface area contributed by atoms with E-state index in [9.17, 15) is 4.39 Å². The number of nitriles is 1. The third-order valence-corrected chi connectivity index (χ3v) is 2.96. The molecule has 0 spiro atoms. The lowest BCUT2D eigenvalue weighted by Gasteiger charge is -2.10. The molecular weight excluding hydrogens is 255 g/mol. The third-order valence-electron chi connectivity index (χ3n) is 2.96. The topological polar surface area (TPSA) is 59.0 Å². The highest BCUT2D eigenvalue weighted by Crippen LogP contribution is 2.22. The first-order valence-electron chi connectivity index (χ1n) is 6.27. The molecule has 2 N–H and O–H groups in total. The Morgan fingerprint density at radius 3 is 2.50 bits per heavy atom. The van der Waals surface area contributed by atoms with E-state index in [1.54, 1.807) is 43.3 Å². The molecule has 4 heteroatoms. The van der Waals surface area contributed by atoms with Crippen LogP contribution in [-0.2, 0) is 6.61 Å². The van der Waals surface area contributed by atoms with Gasteiger partial charge < -0.3 is 10.5 Å². The lowest BCUT2D eigenvalue weighted by atomic mass is 10.1. The van der Waals surface area contributed by atoms with Crippen LogP contribution in [0.25, 0.3) is 0 Å². The standard InChI is InChI=1S/C16H15FN2O/c1-11(19)14-6-7-16(15(17)8-14)20-10-13-4-2-12(9-18)3-5-13/h2-8,11H,10,19H2,1H3/t11-/m1/s1. The molecule has 0 heterocycles. The van der Waals surface area contributed by atoms with E-state index in [0.29, 0.717) is 5.56 Å². The van der Waals surface area contributed by atoms with E-state index >= 15 is 0 Å². The van der Waals surface area contributed by atoms with Crippen molar-refractivity contribution in [3.8, 4) is 11.8 Å². The van der Waals surface area contributed by atoms with Gasteiger partial charge in [-0.15, -0.1) is 0 Å². The van der Waals surface area contributed by atoms with Crippen LogP contribution in [0.15, 0.2) is 42.5 Å². The Kier molecular flexibility index (Phi) is 4.34. The molecule has 2 aromatic carbocycles. The van der Waals surface area contributed by atoms with Crippen LogP contribution in [0.2, 0.25) is 0 Å². The van der Waals surface area contributed by atoms with E-state index < -0.39 is 5.82 Å². The number of hydrogen-bond acceptors (Lipinski definition) is 3. The van der Waals surface area contributed by atoms with E-state index in [4.69, 9.17) is 15.7 Å². The van der Waals surface area contributed by atoms with E-state index in [2.05, 4.69) is 0 Å². The number of rotatable bonds is 4. The molecule has 0 bridgehead atoms. The van der Waals surface area contributed by atoms with Gasteiger partial charge in [-0.25, -0.2) is 4.39 Å². The highest BCUT2D eigenvalue weighted by Gasteiger charge is 2.07. The van der Waals surface area contributed by atoms with Gasteiger partial charge in [-0.3, -0.25) is 0 Å². The normalized spacial score (nSPS) is 11.7. The molecule has 0 unspecified atom stereocenters. The van der Waals surface area contributed by atoms with Crippen molar-refractivity contribution < 1.29 is 9.13 Å². The molecule has 0 aromatic heterocycles. The average Bonchev–Trinajstić information content (AvgIpc) is 2.46. The van der Waals surface area contributed by atoms with Crippen LogP contribution >= 0.6 is 0 Å². The molecule has 2 rings (SSSR count). The quantitative estimate of drug-likeness (QED) is 0.927. The molecule has 0 fully saturated rings. The maximum Gasteiger partial charge on any atom is 0.165 e. The Morgan fingerprint density at radius 1 is 1.25 bits per heavy atom. The Balaban J connectivity index is 2.05. The summed E-state index contributed by atoms with van der Waals surface area (Å²) in [6.45, 7) is 2.05. The van der Waals surface area contributed by atoms with Crippen LogP contribution in [0.4, 0.5) is 4.39 Å². The molecule has 0 radical (unpaired) electrons. The van der Waals surface area contributed by atoms with Crippen molar-refractivity contribution in [1.29, 1.82) is 5.26 Å². The summed E-state index contributed by atoms with van der Waals surface area (Å²) in [7, 11) is 0. The van der Waals surface area contributed by atoms with Crippen molar-refractivity contribution in [2.75, 3.05) is 0 Å². The van der Waals surface area contributed by atoms with Crippen molar-refractivity contribution in [3.05, 3.63) is 65.0 Å². The van der Waals surface area contributed by atoms with Gasteiger partial charge in [0, 0.05) is 6.04 Å². The minimum Gasteiger partial charge on any atom is -0.486 e. The van der Waals surface area contributed by atoms with Gasteiger partial charge in [0.05, 0.1) is 11.6 Å². The molecule has 102 valence electrons. The second-order valence-electron chi connectivity index (χ2n) is 4.58. The average molecular weight is 270 g/mol. The molecular formula is C16H15FN2O. The van der Waals surface area contributed by atoms with E-state index in [1.165, 1.54) is 6.07 Å². The van der Waals surface area contributed by atoms with Crippen LogP contribution in [0.3, 0.4) is 0 Å². The first-order valence-corrected chi connectivity index (χ1v) is 6.27. The third kappa shape index (κ3) is 3.34. The van der Waals surface area contributed by atoms with Gasteiger partial charge in [-0.05, 0) is 42.3 Å². The maximum absolute atomic E-state index is 13.8. The Bertz CT molecular complexity index is 630. The predicted molar refractivity (Wildman–Crippen MR) is 74.5 cm³/mol. The Labute approximate surface area is 117 Å². The number of hydrogen-bond donors (Lipinski definition) is 1. The smallest absolute Gasteiger partial charge is 0.165 e. The van der Waals surface area contributed by atoms with Gasteiger partial charge in [0.25, 0.3) is 0 Å². The summed E-state index contributed by atoms with van der Waals surface area (Å²) in [6, 6.07) is 13.5. The van der Waals surface area contributed by atoms with Crippen LogP contribution < -0.4 is 10.5 Å². The second-order valence-corrected chi connectivity index (χ2v) is 4.58. The molecule has 0 aliphatic heterocycles. The molecule has 1 atom stereocenters. The molecule has 0 saturated carbocycles. The molecule has 0 saturated heterocycles. The number of halogens is 1. The zero-order valence-electron chi connectivity index (χ0n) is 11.1. The molecule has 2 aromatic rings. The monoisotopic (exact) mass is 270 g/mol. The molecule has 20 heavy (non-hydrogen) atoms. The zero-order valence-corrected chi connectivity index (χ0v) is 11.1. The number of ether oxygens (including phenoxy) is 1. The van der Waals surface area contributed by atoms with Crippen molar-refractivity contribution in [1.82, 2.24) is 0 Å². The van der Waals surface area contributed by atoms with E-state index in [-0.39, 0.29) is 18.4 Å². The minimum atomic E-state index is -0.423. The van der Waals surface area contributed by atoms with Gasteiger partial charge >= 0.3 is 0 Å². The highest BCUT2D eigenvalue weighted by atomic mass is 19.1. The first kappa shape index (κ1) is 14.0. The van der Waals surface area contributed by atoms with Gasteiger partial charge in [0.15, 0.2) is 11.6 Å². The fourth-order valence-corrected chi connectivity index (χ4v) is 1.75. The Hall–Kier alpha value is -2.38. The molecule has 0 aliphatic carbocycles. The summed E-state index contributed by atoms with van der Waals surface area (Å²) in [5.41, 5.74) is 7.88. The van der Waals surface area contributed by atoms with Crippen LogP contribution in [0, 0.1) is 17.1 Å². The van der Waals surface area contributed by atoms with E-state index in [1.807, 2.05) is 6.07 Å². The number of nitrogens with two attached hydrogens (primary N) is 1. The van der Waals surface area contributed by atoms with Gasteiger partial charge in [0.2, 0.25) is 0 Å². The lowest BCUT2D eigenvalue weighted by molar-refractivity contribution is 0.290. The van der Waals surface area contributed by atoms with Crippen molar-refractivity contribution in [3.63, 3.8) is 0 Å². The predicted octanol–water partition coefficient (Wildman–Crippen LogP) is 3.30. The molecule has 3 nitrogen and oxygen atoms in total. The minimum absolute atomic E-state index is 0.193. The fraction of sp³-hybridized carbons (Fsp3) is 0.188. The lowest BCUT2D eigenvalue weighted by Crippen LogP contribution is -2.06. The zero-order chi connectivity index (χ0) is 14.5. The SMILES string of the molecule is C[C@@H](N)c1ccc(OCc2ccc(C#N)cc2)c(F)c1. The number of benzene rings is 2. The first-order chi connectivity index (χ1) is 9.60. The summed E-state index contributed by atoms with van der Waals surface area (Å²) in [5.74, 6) is -0.229. The van der Waals surface area contributed by atoms with Gasteiger partial charge in [0.1, 0.15) is 6.61 Å². The summed E-state index contributed by atoms with van der Waals surface area (Å²) in [5, 5.41) is 8.70. The van der Waals surface area contributed by atoms with Crippen molar-refractivity contribution >= 4 is 0 Å². The van der Waals surface area contributed by atoms with Crippen molar-refractivity contribution in [2.24, 2.45) is 5.73 Å². The summed E-state index contributed by atoms with van der Waals surface area (Å²) in [4.78, 5) is 0. The summed E-state index contributed by atoms with van der Waals surface area (Å²) in [6.07, 6.45) is 0. The Morgan fingerprint density at radius 2 is 1.95 bits per heavy atom. The van der Waals surface area contributed by atoms with Crippen LogP contribution in [-0.4, -0.2) is 0 Å². The fourth-order valence-electron chi connectivity index (χ4n) is 1.75. The summed E-state index contributed by atoms with van der Waals surface area (Å²) >= 11 is 0. The summed E-state index contributed by atoms with van der Waals surface area (Å²) < 4.78 is 19.2. The number of nitrogens with zero attached hydrogens (tertiary/aromatic N) is 1. The van der Waals surface area contributed by atoms with E-state index in [0.717, 1.165) is 11.1 Å².